The van der Waals surface area contributed by atoms with Crippen molar-refractivity contribution in [1.29, 1.82) is 0 Å². The summed E-state index contributed by atoms with van der Waals surface area (Å²) in [4.78, 5) is 0. The van der Waals surface area contributed by atoms with E-state index in [9.17, 15) is 0 Å². The number of unbranched alkanes of at least 4 members (excludes halogenated alkanes) is 1. The quantitative estimate of drug-likeness (QED) is 0.662. The molecule has 1 aromatic rings. The fourth-order valence-corrected chi connectivity index (χ4v) is 1.41. The largest absolute Gasteiger partial charge is 0.270 e. The molecular formula is C9H15ClN2. The second-order valence-electron chi connectivity index (χ2n) is 2.97. The number of nitrogens with zero attached hydrogens (tertiary/aromatic N) is 2. The van der Waals surface area contributed by atoms with Crippen molar-refractivity contribution in [3.05, 3.63) is 17.5 Å². The van der Waals surface area contributed by atoms with Crippen LogP contribution < -0.4 is 0 Å². The molecule has 0 bridgehead atoms. The van der Waals surface area contributed by atoms with E-state index < -0.39 is 0 Å². The zero-order valence-electron chi connectivity index (χ0n) is 7.68. The predicted octanol–water partition coefficient (Wildman–Crippen LogP) is 2.73. The first kappa shape index (κ1) is 9.59. The van der Waals surface area contributed by atoms with Crippen molar-refractivity contribution >= 4 is 11.6 Å². The summed E-state index contributed by atoms with van der Waals surface area (Å²) >= 11 is 5.73. The Morgan fingerprint density at radius 2 is 2.33 bits per heavy atom. The Morgan fingerprint density at radius 3 is 2.83 bits per heavy atom. The molecule has 0 aromatic carbocycles. The zero-order valence-corrected chi connectivity index (χ0v) is 8.43. The number of hydrogen-bond donors (Lipinski definition) is 0. The van der Waals surface area contributed by atoms with Gasteiger partial charge in [0.15, 0.2) is 0 Å². The average Bonchev–Trinajstić information content (AvgIpc) is 2.43. The molecule has 0 atom stereocenters. The van der Waals surface area contributed by atoms with Crippen LogP contribution in [0.15, 0.2) is 6.20 Å². The van der Waals surface area contributed by atoms with E-state index in [-0.39, 0.29) is 0 Å². The van der Waals surface area contributed by atoms with Crippen molar-refractivity contribution in [2.75, 3.05) is 0 Å². The smallest absolute Gasteiger partial charge is 0.0536 e. The molecule has 0 unspecified atom stereocenters. The normalized spacial score (nSPS) is 10.6. The Labute approximate surface area is 78.5 Å². The van der Waals surface area contributed by atoms with Gasteiger partial charge in [0.05, 0.1) is 12.1 Å². The van der Waals surface area contributed by atoms with Gasteiger partial charge >= 0.3 is 0 Å². The monoisotopic (exact) mass is 186 g/mol. The Kier molecular flexibility index (Phi) is 3.60. The fraction of sp³-hybridized carbons (Fsp3) is 0.667. The summed E-state index contributed by atoms with van der Waals surface area (Å²) < 4.78 is 2.03. The molecule has 0 radical (unpaired) electrons. The summed E-state index contributed by atoms with van der Waals surface area (Å²) in [6.07, 6.45) is 4.25. The molecule has 0 spiro atoms. The standard InChI is InChI=1S/C9H15ClN2/c1-3-4-5-12-8(2)9(6-10)7-11-12/h7H,3-6H2,1-2H3. The van der Waals surface area contributed by atoms with Gasteiger partial charge in [0, 0.05) is 17.8 Å². The molecule has 1 rings (SSSR count). The average molecular weight is 187 g/mol. The predicted molar refractivity (Wildman–Crippen MR) is 51.4 cm³/mol. The van der Waals surface area contributed by atoms with Gasteiger partial charge in [0.25, 0.3) is 0 Å². The zero-order chi connectivity index (χ0) is 8.97. The molecular weight excluding hydrogens is 172 g/mol. The molecule has 0 N–H and O–H groups in total. The van der Waals surface area contributed by atoms with Crippen LogP contribution in [0.25, 0.3) is 0 Å². The van der Waals surface area contributed by atoms with Gasteiger partial charge in [0.1, 0.15) is 0 Å². The number of hydrogen-bond acceptors (Lipinski definition) is 1. The van der Waals surface area contributed by atoms with E-state index in [1.807, 2.05) is 10.9 Å². The minimum atomic E-state index is 0.567. The van der Waals surface area contributed by atoms with E-state index in [1.165, 1.54) is 18.5 Å². The van der Waals surface area contributed by atoms with Crippen molar-refractivity contribution in [1.82, 2.24) is 9.78 Å². The topological polar surface area (TPSA) is 17.8 Å². The molecule has 68 valence electrons. The van der Waals surface area contributed by atoms with Gasteiger partial charge in [-0.1, -0.05) is 13.3 Å². The second kappa shape index (κ2) is 4.51. The maximum absolute atomic E-state index is 5.73. The van der Waals surface area contributed by atoms with Gasteiger partial charge in [-0.2, -0.15) is 5.10 Å². The highest BCUT2D eigenvalue weighted by Gasteiger charge is 2.03. The van der Waals surface area contributed by atoms with Crippen LogP contribution in [0.3, 0.4) is 0 Å². The summed E-state index contributed by atoms with van der Waals surface area (Å²) in [5.74, 6) is 0.567. The highest BCUT2D eigenvalue weighted by Crippen LogP contribution is 2.10. The minimum absolute atomic E-state index is 0.567. The molecule has 0 aliphatic rings. The van der Waals surface area contributed by atoms with Crippen molar-refractivity contribution in [3.63, 3.8) is 0 Å². The van der Waals surface area contributed by atoms with Crippen LogP contribution in [0.4, 0.5) is 0 Å². The Balaban J connectivity index is 2.66. The van der Waals surface area contributed by atoms with Crippen LogP contribution in [0.1, 0.15) is 31.0 Å². The first-order valence-corrected chi connectivity index (χ1v) is 4.90. The lowest BCUT2D eigenvalue weighted by Gasteiger charge is -2.02. The van der Waals surface area contributed by atoms with Crippen LogP contribution in [0.2, 0.25) is 0 Å². The summed E-state index contributed by atoms with van der Waals surface area (Å²) in [5, 5.41) is 4.26. The van der Waals surface area contributed by atoms with E-state index in [0.29, 0.717) is 5.88 Å². The number of aryl methyl sites for hydroxylation is 1. The van der Waals surface area contributed by atoms with Gasteiger partial charge in [-0.25, -0.2) is 0 Å². The third-order valence-corrected chi connectivity index (χ3v) is 2.36. The van der Waals surface area contributed by atoms with Crippen LogP contribution in [-0.2, 0) is 12.4 Å². The summed E-state index contributed by atoms with van der Waals surface area (Å²) in [7, 11) is 0. The van der Waals surface area contributed by atoms with Crippen molar-refractivity contribution in [3.8, 4) is 0 Å². The SMILES string of the molecule is CCCCn1ncc(CCl)c1C. The van der Waals surface area contributed by atoms with Crippen molar-refractivity contribution in [2.24, 2.45) is 0 Å². The molecule has 3 heteroatoms. The third kappa shape index (κ3) is 2.01. The maximum Gasteiger partial charge on any atom is 0.0536 e. The summed E-state index contributed by atoms with van der Waals surface area (Å²) in [6.45, 7) is 5.26. The van der Waals surface area contributed by atoms with Crippen LogP contribution in [0, 0.1) is 6.92 Å². The van der Waals surface area contributed by atoms with Gasteiger partial charge in [-0.15, -0.1) is 11.6 Å². The summed E-state index contributed by atoms with van der Waals surface area (Å²) in [5.41, 5.74) is 2.35. The number of rotatable bonds is 4. The van der Waals surface area contributed by atoms with E-state index in [1.54, 1.807) is 0 Å². The van der Waals surface area contributed by atoms with Crippen LogP contribution >= 0.6 is 11.6 Å². The van der Waals surface area contributed by atoms with Gasteiger partial charge < -0.3 is 0 Å². The molecule has 0 amide bonds. The molecule has 12 heavy (non-hydrogen) atoms. The van der Waals surface area contributed by atoms with Crippen molar-refractivity contribution < 1.29 is 0 Å². The van der Waals surface area contributed by atoms with Crippen LogP contribution in [-0.4, -0.2) is 9.78 Å². The van der Waals surface area contributed by atoms with E-state index >= 15 is 0 Å². The third-order valence-electron chi connectivity index (χ3n) is 2.07. The van der Waals surface area contributed by atoms with E-state index in [4.69, 9.17) is 11.6 Å². The molecule has 2 nitrogen and oxygen atoms in total. The van der Waals surface area contributed by atoms with Gasteiger partial charge in [0.2, 0.25) is 0 Å². The fourth-order valence-electron chi connectivity index (χ4n) is 1.15. The molecule has 1 heterocycles. The molecule has 0 saturated heterocycles. The molecule has 0 aliphatic carbocycles. The second-order valence-corrected chi connectivity index (χ2v) is 3.23. The molecule has 1 aromatic heterocycles. The molecule has 0 saturated carbocycles. The van der Waals surface area contributed by atoms with Gasteiger partial charge in [-0.3, -0.25) is 4.68 Å². The van der Waals surface area contributed by atoms with Crippen molar-refractivity contribution in [2.45, 2.75) is 39.1 Å². The number of halogens is 1. The maximum atomic E-state index is 5.73. The Hall–Kier alpha value is -0.500. The lowest BCUT2D eigenvalue weighted by atomic mass is 10.3. The lowest BCUT2D eigenvalue weighted by molar-refractivity contribution is 0.558. The Bertz CT molecular complexity index is 243. The number of aromatic nitrogens is 2. The van der Waals surface area contributed by atoms with Gasteiger partial charge in [-0.05, 0) is 13.3 Å². The number of alkyl halides is 1. The summed E-state index contributed by atoms with van der Waals surface area (Å²) in [6, 6.07) is 0. The first-order valence-electron chi connectivity index (χ1n) is 4.36. The van der Waals surface area contributed by atoms with Crippen LogP contribution in [0.5, 0.6) is 0 Å². The highest BCUT2D eigenvalue weighted by molar-refractivity contribution is 6.17. The van der Waals surface area contributed by atoms with E-state index in [0.717, 1.165) is 12.1 Å². The van der Waals surface area contributed by atoms with E-state index in [2.05, 4.69) is 18.9 Å². The Morgan fingerprint density at radius 1 is 1.58 bits per heavy atom. The molecule has 0 aliphatic heterocycles. The molecule has 0 fully saturated rings. The lowest BCUT2D eigenvalue weighted by Crippen LogP contribution is -2.02. The first-order chi connectivity index (χ1) is 5.79. The minimum Gasteiger partial charge on any atom is -0.270 e. The highest BCUT2D eigenvalue weighted by atomic mass is 35.5.